The molecule has 0 spiro atoms. The summed E-state index contributed by atoms with van der Waals surface area (Å²) < 4.78 is 12.5. The smallest absolute Gasteiger partial charge is 0.275 e. The number of ether oxygens (including phenoxy) is 1. The van der Waals surface area contributed by atoms with Gasteiger partial charge in [-0.05, 0) is 94.5 Å². The average Bonchev–Trinajstić information content (AvgIpc) is 3.74. The van der Waals surface area contributed by atoms with Crippen LogP contribution in [0.25, 0.3) is 44.2 Å². The second kappa shape index (κ2) is 13.4. The molecule has 1 amide bonds. The van der Waals surface area contributed by atoms with Crippen molar-refractivity contribution < 1.29 is 9.53 Å². The Balaban J connectivity index is 1.26. The van der Waals surface area contributed by atoms with Crippen molar-refractivity contribution in [2.75, 3.05) is 18.1 Å². The van der Waals surface area contributed by atoms with Crippen molar-refractivity contribution >= 4 is 56.6 Å². The lowest BCUT2D eigenvalue weighted by molar-refractivity contribution is 0.0957. The summed E-state index contributed by atoms with van der Waals surface area (Å²) in [5, 5.41) is 8.13. The first-order valence-corrected chi connectivity index (χ1v) is 18.6. The lowest BCUT2D eigenvalue weighted by atomic mass is 9.98. The van der Waals surface area contributed by atoms with Crippen molar-refractivity contribution in [3.8, 4) is 28.1 Å². The third-order valence-electron chi connectivity index (χ3n) is 10.7. The highest BCUT2D eigenvalue weighted by Gasteiger charge is 2.37. The lowest BCUT2D eigenvalue weighted by Gasteiger charge is -2.34. The van der Waals surface area contributed by atoms with E-state index in [9.17, 15) is 0 Å². The Bertz CT molecular complexity index is 2560. The summed E-state index contributed by atoms with van der Waals surface area (Å²) in [6.07, 6.45) is 8.52. The molecule has 3 aromatic carbocycles. The number of benzene rings is 3. The minimum atomic E-state index is -0.0665. The molecule has 0 N–H and O–H groups in total. The van der Waals surface area contributed by atoms with E-state index >= 15 is 4.79 Å². The third kappa shape index (κ3) is 5.77. The zero-order valence-corrected chi connectivity index (χ0v) is 32.5. The molecule has 0 saturated carbocycles. The van der Waals surface area contributed by atoms with Crippen LogP contribution in [0.15, 0.2) is 67.3 Å². The monoisotopic (exact) mass is 745 g/mol. The number of halogens is 2. The first-order chi connectivity index (χ1) is 25.4. The van der Waals surface area contributed by atoms with Gasteiger partial charge in [0.05, 0.1) is 40.4 Å². The highest BCUT2D eigenvalue weighted by molar-refractivity contribution is 6.35. The van der Waals surface area contributed by atoms with E-state index in [-0.39, 0.29) is 11.9 Å². The van der Waals surface area contributed by atoms with E-state index < -0.39 is 0 Å². The van der Waals surface area contributed by atoms with Crippen molar-refractivity contribution in [3.05, 3.63) is 111 Å². The number of nitrogens with zero attached hydrogens (tertiary/aromatic N) is 7. The molecule has 4 aromatic heterocycles. The molecule has 0 unspecified atom stereocenters. The average molecular weight is 747 g/mol. The van der Waals surface area contributed by atoms with Gasteiger partial charge in [-0.15, -0.1) is 0 Å². The minimum Gasteiger partial charge on any atom is -0.494 e. The predicted molar refractivity (Wildman–Crippen MR) is 214 cm³/mol. The molecule has 7 aromatic rings. The fraction of sp³-hybridized carbons (Fsp3) is 0.286. The molecule has 270 valence electrons. The highest BCUT2D eigenvalue weighted by atomic mass is 35.5. The zero-order valence-electron chi connectivity index (χ0n) is 31.0. The number of hydrogen-bond donors (Lipinski definition) is 0. The quantitative estimate of drug-likeness (QED) is 0.145. The van der Waals surface area contributed by atoms with Crippen molar-refractivity contribution in [1.29, 1.82) is 0 Å². The Morgan fingerprint density at radius 1 is 0.943 bits per heavy atom. The maximum absolute atomic E-state index is 15.2. The molecular weight excluding hydrogens is 705 g/mol. The van der Waals surface area contributed by atoms with Crippen LogP contribution in [0.4, 0.5) is 5.69 Å². The summed E-state index contributed by atoms with van der Waals surface area (Å²) in [5.74, 6) is 0.746. The van der Waals surface area contributed by atoms with Crippen molar-refractivity contribution in [1.82, 2.24) is 28.9 Å². The van der Waals surface area contributed by atoms with Gasteiger partial charge < -0.3 is 18.8 Å². The summed E-state index contributed by atoms with van der Waals surface area (Å²) in [6, 6.07) is 14.2. The van der Waals surface area contributed by atoms with Gasteiger partial charge in [-0.3, -0.25) is 19.4 Å². The minimum absolute atomic E-state index is 0.0433. The van der Waals surface area contributed by atoms with Crippen LogP contribution in [0, 0.1) is 27.7 Å². The normalized spacial score (nSPS) is 14.5. The Morgan fingerprint density at radius 3 is 2.42 bits per heavy atom. The standard InChI is InChI=1S/C42H41Cl2N7O2/c1-23-17-29(18-24(2)39(23)44)53-16-8-9-30-31-11-12-33(43)38(37-26(4)47-49(7)27(37)5)40(31)51-25(3)21-50(42(52)41(30)51)36-22-48(6)35-13-10-28(19-32(35)36)34-20-45-14-15-46-34/h10-15,17-20,22,25H,8-9,16,21H2,1-7H3/t25-/m1/s1. The number of carbonyl (C=O) groups excluding carboxylic acids is 1. The molecule has 1 aliphatic rings. The largest absolute Gasteiger partial charge is 0.494 e. The maximum atomic E-state index is 15.2. The number of fused-ring (bicyclic) bond motifs is 4. The maximum Gasteiger partial charge on any atom is 0.275 e. The van der Waals surface area contributed by atoms with Gasteiger partial charge in [0, 0.05) is 89.0 Å². The van der Waals surface area contributed by atoms with Crippen LogP contribution in [0.3, 0.4) is 0 Å². The molecule has 9 nitrogen and oxygen atoms in total. The number of rotatable bonds is 8. The van der Waals surface area contributed by atoms with Crippen molar-refractivity contribution in [2.24, 2.45) is 14.1 Å². The Kier molecular flexibility index (Phi) is 8.82. The molecule has 53 heavy (non-hydrogen) atoms. The van der Waals surface area contributed by atoms with Gasteiger partial charge in [0.1, 0.15) is 11.4 Å². The van der Waals surface area contributed by atoms with Crippen LogP contribution in [0.1, 0.15) is 58.0 Å². The number of aromatic nitrogens is 6. The Labute approximate surface area is 318 Å². The molecule has 0 bridgehead atoms. The summed E-state index contributed by atoms with van der Waals surface area (Å²) in [4.78, 5) is 25.9. The summed E-state index contributed by atoms with van der Waals surface area (Å²) in [7, 11) is 3.97. The van der Waals surface area contributed by atoms with Gasteiger partial charge in [-0.1, -0.05) is 35.3 Å². The van der Waals surface area contributed by atoms with E-state index in [1.807, 2.05) is 62.6 Å². The number of hydrogen-bond acceptors (Lipinski definition) is 5. The summed E-state index contributed by atoms with van der Waals surface area (Å²) >= 11 is 13.6. The van der Waals surface area contributed by atoms with Crippen molar-refractivity contribution in [2.45, 2.75) is 53.5 Å². The van der Waals surface area contributed by atoms with Crippen LogP contribution >= 0.6 is 23.2 Å². The zero-order chi connectivity index (χ0) is 37.3. The lowest BCUT2D eigenvalue weighted by Crippen LogP contribution is -2.42. The second-order valence-corrected chi connectivity index (χ2v) is 15.0. The highest BCUT2D eigenvalue weighted by Crippen LogP contribution is 2.46. The summed E-state index contributed by atoms with van der Waals surface area (Å²) in [6.45, 7) is 11.2. The van der Waals surface area contributed by atoms with E-state index in [1.165, 1.54) is 0 Å². The molecule has 0 radical (unpaired) electrons. The number of anilines is 1. The third-order valence-corrected chi connectivity index (χ3v) is 11.6. The van der Waals surface area contributed by atoms with E-state index in [4.69, 9.17) is 33.0 Å². The fourth-order valence-corrected chi connectivity index (χ4v) is 8.49. The van der Waals surface area contributed by atoms with Gasteiger partial charge in [-0.2, -0.15) is 5.10 Å². The van der Waals surface area contributed by atoms with Crippen LogP contribution in [-0.2, 0) is 20.5 Å². The van der Waals surface area contributed by atoms with Gasteiger partial charge in [-0.25, -0.2) is 0 Å². The van der Waals surface area contributed by atoms with Gasteiger partial charge >= 0.3 is 0 Å². The van der Waals surface area contributed by atoms with Crippen LogP contribution in [0.5, 0.6) is 5.75 Å². The van der Waals surface area contributed by atoms with E-state index in [0.29, 0.717) is 36.7 Å². The fourth-order valence-electron chi connectivity index (χ4n) is 8.13. The Morgan fingerprint density at radius 2 is 1.72 bits per heavy atom. The Hall–Kier alpha value is -5.12. The number of aryl methyl sites for hydroxylation is 6. The van der Waals surface area contributed by atoms with E-state index in [1.54, 1.807) is 18.6 Å². The number of amides is 1. The van der Waals surface area contributed by atoms with Gasteiger partial charge in [0.25, 0.3) is 5.91 Å². The second-order valence-electron chi connectivity index (χ2n) is 14.2. The molecule has 5 heterocycles. The molecule has 8 rings (SSSR count). The van der Waals surface area contributed by atoms with Crippen molar-refractivity contribution in [3.63, 3.8) is 0 Å². The first kappa shape index (κ1) is 34.9. The molecule has 0 saturated heterocycles. The van der Waals surface area contributed by atoms with Gasteiger partial charge in [0.15, 0.2) is 0 Å². The summed E-state index contributed by atoms with van der Waals surface area (Å²) in [5.41, 5.74) is 12.0. The van der Waals surface area contributed by atoms with Crippen LogP contribution < -0.4 is 9.64 Å². The van der Waals surface area contributed by atoms with E-state index in [0.717, 1.165) is 88.7 Å². The molecule has 1 aliphatic heterocycles. The molecule has 11 heteroatoms. The van der Waals surface area contributed by atoms with Crippen LogP contribution in [-0.4, -0.2) is 47.9 Å². The van der Waals surface area contributed by atoms with Gasteiger partial charge in [0.2, 0.25) is 0 Å². The molecule has 1 atom stereocenters. The topological polar surface area (TPSA) is 83.0 Å². The molecule has 0 fully saturated rings. The molecular formula is C42H41Cl2N7O2. The SMILES string of the molecule is Cc1cc(OCCCc2c3n(c4c(-c5c(C)nn(C)c5C)c(Cl)ccc24)[C@H](C)CN(c2cn(C)c4ccc(-c5cnccn5)cc24)C3=O)cc(C)c1Cl. The predicted octanol–water partition coefficient (Wildman–Crippen LogP) is 9.76. The number of carbonyl (C=O) groups is 1. The van der Waals surface area contributed by atoms with E-state index in [2.05, 4.69) is 63.4 Å². The molecule has 0 aliphatic carbocycles. The van der Waals surface area contributed by atoms with Crippen LogP contribution in [0.2, 0.25) is 10.0 Å². The first-order valence-electron chi connectivity index (χ1n) is 17.9.